The van der Waals surface area contributed by atoms with E-state index < -0.39 is 0 Å². The van der Waals surface area contributed by atoms with Gasteiger partial charge in [0.05, 0.1) is 0 Å². The quantitative estimate of drug-likeness (QED) is 0.654. The number of allylic oxidation sites excluding steroid dienone is 1. The fourth-order valence-corrected chi connectivity index (χ4v) is 4.06. The lowest BCUT2D eigenvalue weighted by atomic mass is 9.48. The van der Waals surface area contributed by atoms with E-state index in [4.69, 9.17) is 5.73 Å². The molecular weight excluding hydrogens is 182 g/mol. The van der Waals surface area contributed by atoms with Crippen molar-refractivity contribution in [3.63, 3.8) is 0 Å². The largest absolute Gasteiger partial charge is 0.327 e. The van der Waals surface area contributed by atoms with Gasteiger partial charge in [-0.3, -0.25) is 0 Å². The van der Waals surface area contributed by atoms with E-state index in [0.717, 1.165) is 11.8 Å². The molecular formula is C14H23N. The van der Waals surface area contributed by atoms with Crippen LogP contribution in [0.15, 0.2) is 11.6 Å². The van der Waals surface area contributed by atoms with Gasteiger partial charge in [-0.15, -0.1) is 0 Å². The SMILES string of the molecule is CC1(C)C2CC=C(C3C(N)C3(C)C)C1C2. The molecule has 4 aliphatic carbocycles. The van der Waals surface area contributed by atoms with Crippen molar-refractivity contribution in [2.75, 3.05) is 0 Å². The Morgan fingerprint density at radius 2 is 1.80 bits per heavy atom. The molecule has 0 spiro atoms. The molecule has 2 N–H and O–H groups in total. The highest BCUT2D eigenvalue weighted by molar-refractivity contribution is 5.34. The minimum atomic E-state index is 0.365. The van der Waals surface area contributed by atoms with Gasteiger partial charge in [-0.2, -0.15) is 0 Å². The van der Waals surface area contributed by atoms with Crippen molar-refractivity contribution >= 4 is 0 Å². The molecule has 0 saturated heterocycles. The second-order valence-electron chi connectivity index (χ2n) is 7.07. The maximum atomic E-state index is 6.20. The number of fused-ring (bicyclic) bond motifs is 1. The van der Waals surface area contributed by atoms with E-state index in [9.17, 15) is 0 Å². The molecule has 0 heterocycles. The van der Waals surface area contributed by atoms with E-state index in [1.54, 1.807) is 5.57 Å². The van der Waals surface area contributed by atoms with Gasteiger partial charge in [0, 0.05) is 12.0 Å². The van der Waals surface area contributed by atoms with Crippen LogP contribution >= 0.6 is 0 Å². The van der Waals surface area contributed by atoms with Crippen LogP contribution in [-0.2, 0) is 0 Å². The molecule has 15 heavy (non-hydrogen) atoms. The average molecular weight is 205 g/mol. The van der Waals surface area contributed by atoms with Crippen molar-refractivity contribution in [2.45, 2.75) is 46.6 Å². The van der Waals surface area contributed by atoms with Gasteiger partial charge in [0.1, 0.15) is 0 Å². The maximum absolute atomic E-state index is 6.20. The minimum Gasteiger partial charge on any atom is -0.327 e. The Morgan fingerprint density at radius 1 is 1.20 bits per heavy atom. The molecule has 1 nitrogen and oxygen atoms in total. The standard InChI is InChI=1S/C14H23N/c1-13(2)8-5-6-9(10(13)7-8)11-12(15)14(11,3)4/h6,8,10-12H,5,7,15H2,1-4H3. The van der Waals surface area contributed by atoms with E-state index >= 15 is 0 Å². The summed E-state index contributed by atoms with van der Waals surface area (Å²) in [6.07, 6.45) is 5.25. The van der Waals surface area contributed by atoms with Crippen molar-refractivity contribution in [3.8, 4) is 0 Å². The van der Waals surface area contributed by atoms with Crippen molar-refractivity contribution in [2.24, 2.45) is 34.3 Å². The second kappa shape index (κ2) is 2.51. The first kappa shape index (κ1) is 9.89. The maximum Gasteiger partial charge on any atom is 0.0168 e. The van der Waals surface area contributed by atoms with Crippen LogP contribution in [0.5, 0.6) is 0 Å². The highest BCUT2D eigenvalue weighted by Crippen LogP contribution is 2.66. The zero-order valence-corrected chi connectivity index (χ0v) is 10.4. The molecule has 4 unspecified atom stereocenters. The van der Waals surface area contributed by atoms with E-state index in [1.165, 1.54) is 12.8 Å². The van der Waals surface area contributed by atoms with E-state index in [1.807, 2.05) is 0 Å². The van der Waals surface area contributed by atoms with Crippen LogP contribution in [0.1, 0.15) is 40.5 Å². The summed E-state index contributed by atoms with van der Waals surface area (Å²) in [4.78, 5) is 0. The molecule has 0 aromatic rings. The molecule has 0 amide bonds. The van der Waals surface area contributed by atoms with Crippen LogP contribution in [0.4, 0.5) is 0 Å². The van der Waals surface area contributed by atoms with Gasteiger partial charge in [-0.25, -0.2) is 0 Å². The summed E-state index contributed by atoms with van der Waals surface area (Å²) in [5.41, 5.74) is 8.83. The molecule has 4 atom stereocenters. The molecule has 1 heteroatoms. The molecule has 0 aliphatic heterocycles. The van der Waals surface area contributed by atoms with E-state index in [0.29, 0.717) is 22.8 Å². The number of nitrogens with two attached hydrogens (primary N) is 1. The molecule has 4 aliphatic rings. The molecule has 0 aromatic carbocycles. The normalized spacial score (nSPS) is 49.3. The first-order valence-corrected chi connectivity index (χ1v) is 6.32. The van der Waals surface area contributed by atoms with Crippen LogP contribution in [0, 0.1) is 28.6 Å². The Bertz CT molecular complexity index is 337. The monoisotopic (exact) mass is 205 g/mol. The average Bonchev–Trinajstić information content (AvgIpc) is 2.66. The van der Waals surface area contributed by atoms with Crippen LogP contribution in [0.3, 0.4) is 0 Å². The predicted molar refractivity (Wildman–Crippen MR) is 63.3 cm³/mol. The summed E-state index contributed by atoms with van der Waals surface area (Å²) in [7, 11) is 0. The summed E-state index contributed by atoms with van der Waals surface area (Å²) in [5, 5.41) is 0. The Hall–Kier alpha value is -0.300. The van der Waals surface area contributed by atoms with Crippen molar-refractivity contribution in [3.05, 3.63) is 11.6 Å². The van der Waals surface area contributed by atoms with Crippen LogP contribution in [-0.4, -0.2) is 6.04 Å². The first-order valence-electron chi connectivity index (χ1n) is 6.32. The van der Waals surface area contributed by atoms with Gasteiger partial charge in [-0.05, 0) is 35.5 Å². The summed E-state index contributed by atoms with van der Waals surface area (Å²) in [5.74, 6) is 2.47. The third-order valence-corrected chi connectivity index (χ3v) is 5.78. The smallest absolute Gasteiger partial charge is 0.0168 e. The lowest BCUT2D eigenvalue weighted by Gasteiger charge is -2.57. The van der Waals surface area contributed by atoms with Crippen molar-refractivity contribution in [1.82, 2.24) is 0 Å². The van der Waals surface area contributed by atoms with E-state index in [-0.39, 0.29) is 0 Å². The molecule has 2 saturated carbocycles. The molecule has 4 rings (SSSR count). The zero-order valence-electron chi connectivity index (χ0n) is 10.4. The van der Waals surface area contributed by atoms with E-state index in [2.05, 4.69) is 33.8 Å². The Morgan fingerprint density at radius 3 is 2.20 bits per heavy atom. The highest BCUT2D eigenvalue weighted by Gasteiger charge is 2.62. The first-order chi connectivity index (χ1) is 6.87. The predicted octanol–water partition coefficient (Wildman–Crippen LogP) is 2.96. The Kier molecular flexibility index (Phi) is 1.65. The summed E-state index contributed by atoms with van der Waals surface area (Å²) < 4.78 is 0. The van der Waals surface area contributed by atoms with Gasteiger partial charge in [0.15, 0.2) is 0 Å². The molecule has 0 aromatic heterocycles. The molecule has 2 fully saturated rings. The van der Waals surface area contributed by atoms with Gasteiger partial charge in [0.2, 0.25) is 0 Å². The van der Waals surface area contributed by atoms with Gasteiger partial charge >= 0.3 is 0 Å². The number of hydrogen-bond acceptors (Lipinski definition) is 1. The third kappa shape index (κ3) is 1.03. The van der Waals surface area contributed by atoms with Gasteiger partial charge in [-0.1, -0.05) is 39.3 Å². The van der Waals surface area contributed by atoms with Gasteiger partial charge in [0.25, 0.3) is 0 Å². The molecule has 0 radical (unpaired) electrons. The summed E-state index contributed by atoms with van der Waals surface area (Å²) in [6, 6.07) is 0.414. The summed E-state index contributed by atoms with van der Waals surface area (Å²) in [6.45, 7) is 9.53. The van der Waals surface area contributed by atoms with Crippen molar-refractivity contribution in [1.29, 1.82) is 0 Å². The van der Waals surface area contributed by atoms with Gasteiger partial charge < -0.3 is 5.73 Å². The third-order valence-electron chi connectivity index (χ3n) is 5.78. The lowest BCUT2D eigenvalue weighted by Crippen LogP contribution is -2.48. The fourth-order valence-electron chi connectivity index (χ4n) is 4.06. The number of rotatable bonds is 1. The van der Waals surface area contributed by atoms with Crippen molar-refractivity contribution < 1.29 is 0 Å². The zero-order chi connectivity index (χ0) is 11.0. The number of hydrogen-bond donors (Lipinski definition) is 1. The van der Waals surface area contributed by atoms with Crippen LogP contribution in [0.25, 0.3) is 0 Å². The molecule has 2 bridgehead atoms. The Labute approximate surface area is 93.1 Å². The topological polar surface area (TPSA) is 26.0 Å². The van der Waals surface area contributed by atoms with Crippen LogP contribution < -0.4 is 5.73 Å². The second-order valence-corrected chi connectivity index (χ2v) is 7.07. The minimum absolute atomic E-state index is 0.365. The van der Waals surface area contributed by atoms with Crippen LogP contribution in [0.2, 0.25) is 0 Å². The fraction of sp³-hybridized carbons (Fsp3) is 0.857. The summed E-state index contributed by atoms with van der Waals surface area (Å²) >= 11 is 0. The molecule has 84 valence electrons. The lowest BCUT2D eigenvalue weighted by molar-refractivity contribution is -0.0106. The Balaban J connectivity index is 1.88. The highest BCUT2D eigenvalue weighted by atomic mass is 14.9.